The number of nitrogens with zero attached hydrogens (tertiary/aromatic N) is 1. The molecule has 0 saturated carbocycles. The number of β-lactam (4-membered cyclic amide) rings is 1. The Kier molecular flexibility index (Phi) is 8.91. The van der Waals surface area contributed by atoms with Crippen molar-refractivity contribution in [1.82, 2.24) is 15.5 Å². The van der Waals surface area contributed by atoms with Crippen LogP contribution in [-0.2, 0) is 19.2 Å². The van der Waals surface area contributed by atoms with E-state index in [1.807, 2.05) is 0 Å². The molecule has 2 aliphatic rings. The largest absolute Gasteiger partial charge is 0.480 e. The number of fused-ring (bicyclic) bond motifs is 1. The Morgan fingerprint density at radius 3 is 2.44 bits per heavy atom. The third kappa shape index (κ3) is 5.72. The Labute approximate surface area is 190 Å². The zero-order valence-corrected chi connectivity index (χ0v) is 19.3. The second kappa shape index (κ2) is 10.8. The van der Waals surface area contributed by atoms with Crippen molar-refractivity contribution in [3.63, 3.8) is 0 Å². The lowest BCUT2D eigenvalue weighted by atomic mass is 9.84. The van der Waals surface area contributed by atoms with Gasteiger partial charge in [0, 0.05) is 42.0 Å². The van der Waals surface area contributed by atoms with Gasteiger partial charge < -0.3 is 36.0 Å². The van der Waals surface area contributed by atoms with Crippen LogP contribution in [0.25, 0.3) is 0 Å². The molecule has 6 N–H and O–H groups in total. The van der Waals surface area contributed by atoms with Crippen LogP contribution in [0.5, 0.6) is 0 Å². The maximum Gasteiger partial charge on any atom is 0.327 e. The number of hydrogen-bond acceptors (Lipinski definition) is 8. The Morgan fingerprint density at radius 2 is 1.88 bits per heavy atom. The van der Waals surface area contributed by atoms with Gasteiger partial charge in [-0.05, 0) is 13.3 Å². The second-order valence-electron chi connectivity index (χ2n) is 8.95. The van der Waals surface area contributed by atoms with Gasteiger partial charge in [-0.3, -0.25) is 14.4 Å². The molecule has 182 valence electrons. The molecule has 6 atom stereocenters. The van der Waals surface area contributed by atoms with Crippen LogP contribution in [0.3, 0.4) is 0 Å². The SMILES string of the molecule is CC(O)[C@@H]1C(=O)N2[C@@H]1C[C@H](SCCNC(=O)CCNC(=O)[C@H](O)C(C)(C)CO)[C@@H]2C(=O)O. The Balaban J connectivity index is 1.70. The van der Waals surface area contributed by atoms with Crippen LogP contribution in [0.4, 0.5) is 0 Å². The van der Waals surface area contributed by atoms with Crippen molar-refractivity contribution in [2.24, 2.45) is 11.3 Å². The zero-order chi connectivity index (χ0) is 24.2. The van der Waals surface area contributed by atoms with Gasteiger partial charge in [0.15, 0.2) is 0 Å². The molecule has 0 aromatic rings. The van der Waals surface area contributed by atoms with E-state index in [-0.39, 0.29) is 42.7 Å². The Bertz CT molecular complexity index is 732. The minimum atomic E-state index is -1.40. The number of thioether (sulfide) groups is 1. The number of aliphatic carboxylic acids is 1. The van der Waals surface area contributed by atoms with Crippen molar-refractivity contribution in [2.45, 2.75) is 63.2 Å². The molecule has 0 aliphatic carbocycles. The van der Waals surface area contributed by atoms with Gasteiger partial charge in [0.25, 0.3) is 0 Å². The van der Waals surface area contributed by atoms with Crippen molar-refractivity contribution >= 4 is 35.5 Å². The molecule has 3 amide bonds. The number of rotatable bonds is 12. The third-order valence-electron chi connectivity index (χ3n) is 6.01. The van der Waals surface area contributed by atoms with Gasteiger partial charge in [-0.25, -0.2) is 4.79 Å². The first kappa shape index (κ1) is 26.4. The minimum absolute atomic E-state index is 0.00425. The highest BCUT2D eigenvalue weighted by Crippen LogP contribution is 2.45. The van der Waals surface area contributed by atoms with E-state index in [2.05, 4.69) is 10.6 Å². The molecule has 0 aromatic carbocycles. The fourth-order valence-electron chi connectivity index (χ4n) is 4.03. The van der Waals surface area contributed by atoms with E-state index in [0.717, 1.165) is 0 Å². The molecule has 2 aliphatic heterocycles. The molecule has 2 saturated heterocycles. The lowest BCUT2D eigenvalue weighted by Gasteiger charge is -2.45. The van der Waals surface area contributed by atoms with Gasteiger partial charge in [-0.2, -0.15) is 11.8 Å². The number of carbonyl (C=O) groups excluding carboxylic acids is 3. The van der Waals surface area contributed by atoms with E-state index in [4.69, 9.17) is 0 Å². The average molecular weight is 476 g/mol. The minimum Gasteiger partial charge on any atom is -0.480 e. The van der Waals surface area contributed by atoms with Gasteiger partial charge >= 0.3 is 5.97 Å². The van der Waals surface area contributed by atoms with Crippen molar-refractivity contribution in [3.05, 3.63) is 0 Å². The summed E-state index contributed by atoms with van der Waals surface area (Å²) in [7, 11) is 0. The number of aliphatic hydroxyl groups excluding tert-OH is 3. The molecule has 2 heterocycles. The quantitative estimate of drug-likeness (QED) is 0.140. The van der Waals surface area contributed by atoms with Gasteiger partial charge in [-0.15, -0.1) is 0 Å². The standard InChI is InChI=1S/C20H33N3O8S/c1-10(25)14-11-8-12(15(19(30)31)23(11)18(14)29)32-7-6-21-13(26)4-5-22-17(28)16(27)20(2,3)9-24/h10-12,14-16,24-25,27H,4-9H2,1-3H3,(H,21,26)(H,22,28)(H,30,31)/t10?,11-,12+,14+,15-,16+/m1/s1. The summed E-state index contributed by atoms with van der Waals surface area (Å²) in [5.41, 5.74) is -0.993. The number of hydrogen-bond donors (Lipinski definition) is 6. The smallest absolute Gasteiger partial charge is 0.327 e. The summed E-state index contributed by atoms with van der Waals surface area (Å²) in [5.74, 6) is -2.49. The third-order valence-corrected chi connectivity index (χ3v) is 7.33. The Hall–Kier alpha value is -1.89. The summed E-state index contributed by atoms with van der Waals surface area (Å²) in [5, 5.41) is 43.2. The lowest BCUT2D eigenvalue weighted by molar-refractivity contribution is -0.169. The summed E-state index contributed by atoms with van der Waals surface area (Å²) in [6.07, 6.45) is -1.73. The van der Waals surface area contributed by atoms with Gasteiger partial charge in [-0.1, -0.05) is 13.8 Å². The maximum atomic E-state index is 12.2. The summed E-state index contributed by atoms with van der Waals surface area (Å²) in [6.45, 7) is 4.57. The molecule has 2 fully saturated rings. The second-order valence-corrected chi connectivity index (χ2v) is 10.3. The van der Waals surface area contributed by atoms with E-state index < -0.39 is 41.5 Å². The molecule has 11 nitrogen and oxygen atoms in total. The highest BCUT2D eigenvalue weighted by Gasteiger charge is 2.61. The molecule has 0 spiro atoms. The number of carbonyl (C=O) groups is 4. The van der Waals surface area contributed by atoms with Crippen LogP contribution in [0.15, 0.2) is 0 Å². The zero-order valence-electron chi connectivity index (χ0n) is 18.5. The van der Waals surface area contributed by atoms with E-state index in [9.17, 15) is 39.6 Å². The fraction of sp³-hybridized carbons (Fsp3) is 0.800. The molecule has 2 rings (SSSR count). The number of carboxylic acids is 1. The van der Waals surface area contributed by atoms with Crippen LogP contribution in [0, 0.1) is 11.3 Å². The fourth-order valence-corrected chi connectivity index (χ4v) is 5.32. The summed E-state index contributed by atoms with van der Waals surface area (Å²) < 4.78 is 0. The number of amides is 3. The number of aliphatic hydroxyl groups is 3. The van der Waals surface area contributed by atoms with Crippen LogP contribution in [0.1, 0.15) is 33.6 Å². The highest BCUT2D eigenvalue weighted by atomic mass is 32.2. The molecule has 0 aromatic heterocycles. The normalized spacial score (nSPS) is 26.7. The van der Waals surface area contributed by atoms with Crippen molar-refractivity contribution in [2.75, 3.05) is 25.4 Å². The molecule has 32 heavy (non-hydrogen) atoms. The molecular weight excluding hydrogens is 442 g/mol. The van der Waals surface area contributed by atoms with Crippen molar-refractivity contribution in [3.8, 4) is 0 Å². The molecule has 0 radical (unpaired) electrons. The van der Waals surface area contributed by atoms with Crippen molar-refractivity contribution in [1.29, 1.82) is 0 Å². The van der Waals surface area contributed by atoms with E-state index in [1.165, 1.54) is 23.6 Å². The van der Waals surface area contributed by atoms with Gasteiger partial charge in [0.05, 0.1) is 18.6 Å². The first-order chi connectivity index (χ1) is 14.9. The van der Waals surface area contributed by atoms with Crippen molar-refractivity contribution < 1.29 is 39.6 Å². The summed E-state index contributed by atoms with van der Waals surface area (Å²) in [4.78, 5) is 49.0. The van der Waals surface area contributed by atoms with Crippen LogP contribution >= 0.6 is 11.8 Å². The topological polar surface area (TPSA) is 176 Å². The van der Waals surface area contributed by atoms with E-state index in [1.54, 1.807) is 13.8 Å². The predicted molar refractivity (Wildman–Crippen MR) is 116 cm³/mol. The predicted octanol–water partition coefficient (Wildman–Crippen LogP) is -1.85. The molecule has 12 heteroatoms. The molecule has 1 unspecified atom stereocenters. The molecular formula is C20H33N3O8S. The first-order valence-corrected chi connectivity index (χ1v) is 11.6. The van der Waals surface area contributed by atoms with Crippen LogP contribution in [0.2, 0.25) is 0 Å². The first-order valence-electron chi connectivity index (χ1n) is 10.6. The van der Waals surface area contributed by atoms with Crippen LogP contribution < -0.4 is 10.6 Å². The lowest BCUT2D eigenvalue weighted by Crippen LogP contribution is -2.64. The van der Waals surface area contributed by atoms with Gasteiger partial charge in [0.2, 0.25) is 17.7 Å². The monoisotopic (exact) mass is 475 g/mol. The maximum absolute atomic E-state index is 12.2. The number of nitrogens with one attached hydrogen (secondary N) is 2. The highest BCUT2D eigenvalue weighted by molar-refractivity contribution is 8.00. The average Bonchev–Trinajstić information content (AvgIpc) is 3.04. The Morgan fingerprint density at radius 1 is 1.22 bits per heavy atom. The number of carboxylic acid groups (broad SMARTS) is 1. The van der Waals surface area contributed by atoms with Crippen LogP contribution in [-0.4, -0.2) is 104 Å². The van der Waals surface area contributed by atoms with Gasteiger partial charge in [0.1, 0.15) is 12.1 Å². The summed E-state index contributed by atoms with van der Waals surface area (Å²) in [6, 6.07) is -1.21. The van der Waals surface area contributed by atoms with E-state index >= 15 is 0 Å². The summed E-state index contributed by atoms with van der Waals surface area (Å²) >= 11 is 1.37. The molecule has 0 bridgehead atoms. The van der Waals surface area contributed by atoms with E-state index in [0.29, 0.717) is 18.7 Å².